The Hall–Kier alpha value is -2.86. The minimum Gasteiger partial charge on any atom is -0.467 e. The molecule has 2 atom stereocenters. The predicted molar refractivity (Wildman–Crippen MR) is 73.8 cm³/mol. The number of carbonyl (C=O) groups excluding carboxylic acids is 2. The van der Waals surface area contributed by atoms with E-state index in [4.69, 9.17) is 10.5 Å². The molecule has 0 aliphatic carbocycles. The molecule has 0 saturated carbocycles. The average molecular weight is 285 g/mol. The Labute approximate surface area is 122 Å². The van der Waals surface area contributed by atoms with E-state index in [0.29, 0.717) is 11.1 Å². The molecule has 108 valence electrons. The maximum absolute atomic E-state index is 12.1. The first kappa shape index (κ1) is 16.2. The number of hydrogen-bond acceptors (Lipinski definition) is 5. The van der Waals surface area contributed by atoms with E-state index in [1.807, 2.05) is 12.1 Å². The van der Waals surface area contributed by atoms with Gasteiger partial charge >= 0.3 is 5.97 Å². The van der Waals surface area contributed by atoms with Gasteiger partial charge in [0.05, 0.1) is 24.8 Å². The van der Waals surface area contributed by atoms with Crippen LogP contribution in [-0.4, -0.2) is 25.0 Å². The van der Waals surface area contributed by atoms with Crippen molar-refractivity contribution in [2.24, 2.45) is 5.92 Å². The van der Waals surface area contributed by atoms with Crippen molar-refractivity contribution in [2.75, 3.05) is 7.11 Å². The third-order valence-corrected chi connectivity index (χ3v) is 3.00. The lowest BCUT2D eigenvalue weighted by Gasteiger charge is -2.21. The molecule has 1 rings (SSSR count). The average Bonchev–Trinajstić information content (AvgIpc) is 2.51. The van der Waals surface area contributed by atoms with E-state index < -0.39 is 17.9 Å². The van der Waals surface area contributed by atoms with Crippen LogP contribution in [0.3, 0.4) is 0 Å². The number of esters is 1. The van der Waals surface area contributed by atoms with E-state index in [1.165, 1.54) is 31.4 Å². The van der Waals surface area contributed by atoms with Gasteiger partial charge in [-0.3, -0.25) is 4.79 Å². The zero-order valence-electron chi connectivity index (χ0n) is 11.8. The van der Waals surface area contributed by atoms with Crippen molar-refractivity contribution in [3.05, 3.63) is 35.4 Å². The highest BCUT2D eigenvalue weighted by molar-refractivity contribution is 5.96. The number of hydrogen-bond donors (Lipinski definition) is 1. The summed E-state index contributed by atoms with van der Waals surface area (Å²) in [6.45, 7) is 1.68. The van der Waals surface area contributed by atoms with Crippen LogP contribution in [0.4, 0.5) is 0 Å². The fourth-order valence-corrected chi connectivity index (χ4v) is 1.74. The van der Waals surface area contributed by atoms with E-state index in [2.05, 4.69) is 10.1 Å². The normalized spacial score (nSPS) is 12.4. The Morgan fingerprint density at radius 1 is 1.29 bits per heavy atom. The van der Waals surface area contributed by atoms with Crippen LogP contribution >= 0.6 is 0 Å². The van der Waals surface area contributed by atoms with E-state index in [0.717, 1.165) is 0 Å². The quantitative estimate of drug-likeness (QED) is 0.823. The standard InChI is InChI=1S/C15H15N3O3/c1-10(7-8-16)13(15(20)21-2)18-14(19)12-5-3-11(9-17)4-6-12/h3-6,10,13H,7H2,1-2H3,(H,18,19)/t10-,13+/m0/s1. The van der Waals surface area contributed by atoms with Gasteiger partial charge in [0.2, 0.25) is 0 Å². The monoisotopic (exact) mass is 285 g/mol. The highest BCUT2D eigenvalue weighted by Gasteiger charge is 2.27. The Morgan fingerprint density at radius 3 is 2.38 bits per heavy atom. The number of amides is 1. The highest BCUT2D eigenvalue weighted by atomic mass is 16.5. The number of nitrogens with one attached hydrogen (secondary N) is 1. The summed E-state index contributed by atoms with van der Waals surface area (Å²) in [7, 11) is 1.22. The fraction of sp³-hybridized carbons (Fsp3) is 0.333. The SMILES string of the molecule is COC(=O)[C@H](NC(=O)c1ccc(C#N)cc1)[C@@H](C)CC#N. The summed E-state index contributed by atoms with van der Waals surface area (Å²) in [6, 6.07) is 9.05. The van der Waals surface area contributed by atoms with Crippen LogP contribution in [0.5, 0.6) is 0 Å². The van der Waals surface area contributed by atoms with Crippen molar-refractivity contribution < 1.29 is 14.3 Å². The van der Waals surface area contributed by atoms with Gasteiger partial charge in [-0.15, -0.1) is 0 Å². The second-order valence-corrected chi connectivity index (χ2v) is 4.50. The summed E-state index contributed by atoms with van der Waals surface area (Å²) < 4.78 is 4.65. The molecule has 0 bridgehead atoms. The van der Waals surface area contributed by atoms with E-state index in [1.54, 1.807) is 6.92 Å². The van der Waals surface area contributed by atoms with Gasteiger partial charge in [0, 0.05) is 17.9 Å². The molecule has 0 aromatic heterocycles. The number of ether oxygens (including phenoxy) is 1. The zero-order valence-corrected chi connectivity index (χ0v) is 11.8. The van der Waals surface area contributed by atoms with E-state index >= 15 is 0 Å². The molecule has 1 amide bonds. The van der Waals surface area contributed by atoms with Crippen LogP contribution in [-0.2, 0) is 9.53 Å². The molecule has 0 unspecified atom stereocenters. The van der Waals surface area contributed by atoms with Crippen molar-refractivity contribution in [1.29, 1.82) is 10.5 Å². The summed E-state index contributed by atoms with van der Waals surface area (Å²) >= 11 is 0. The maximum atomic E-state index is 12.1. The number of nitrogens with zero attached hydrogens (tertiary/aromatic N) is 2. The Bertz CT molecular complexity index is 596. The lowest BCUT2D eigenvalue weighted by molar-refractivity contribution is -0.144. The molecule has 0 radical (unpaired) electrons. The van der Waals surface area contributed by atoms with Gasteiger partial charge in [-0.05, 0) is 24.3 Å². The minimum atomic E-state index is -0.891. The van der Waals surface area contributed by atoms with E-state index in [9.17, 15) is 9.59 Å². The Morgan fingerprint density at radius 2 is 1.90 bits per heavy atom. The second kappa shape index (κ2) is 7.66. The van der Waals surface area contributed by atoms with Gasteiger partial charge in [-0.25, -0.2) is 4.79 Å². The Balaban J connectivity index is 2.87. The van der Waals surface area contributed by atoms with Crippen LogP contribution in [0.1, 0.15) is 29.3 Å². The second-order valence-electron chi connectivity index (χ2n) is 4.50. The van der Waals surface area contributed by atoms with Crippen molar-refractivity contribution in [2.45, 2.75) is 19.4 Å². The van der Waals surface area contributed by atoms with Crippen LogP contribution in [0, 0.1) is 28.6 Å². The molecule has 1 N–H and O–H groups in total. The first-order valence-electron chi connectivity index (χ1n) is 6.29. The molecular weight excluding hydrogens is 270 g/mol. The summed E-state index contributed by atoms with van der Waals surface area (Å²) in [5, 5.41) is 20.0. The predicted octanol–water partition coefficient (Wildman–Crippen LogP) is 1.38. The van der Waals surface area contributed by atoms with Crippen molar-refractivity contribution in [3.63, 3.8) is 0 Å². The smallest absolute Gasteiger partial charge is 0.328 e. The van der Waals surface area contributed by atoms with Crippen molar-refractivity contribution >= 4 is 11.9 Å². The maximum Gasteiger partial charge on any atom is 0.328 e. The van der Waals surface area contributed by atoms with Gasteiger partial charge in [0.15, 0.2) is 0 Å². The van der Waals surface area contributed by atoms with Crippen LogP contribution in [0.2, 0.25) is 0 Å². The summed E-state index contributed by atoms with van der Waals surface area (Å²) in [6.07, 6.45) is 0.118. The number of carbonyl (C=O) groups is 2. The fourth-order valence-electron chi connectivity index (χ4n) is 1.74. The number of benzene rings is 1. The molecule has 0 spiro atoms. The highest BCUT2D eigenvalue weighted by Crippen LogP contribution is 2.11. The summed E-state index contributed by atoms with van der Waals surface area (Å²) in [5.41, 5.74) is 0.765. The van der Waals surface area contributed by atoms with Gasteiger partial charge in [0.25, 0.3) is 5.91 Å². The topological polar surface area (TPSA) is 103 Å². The minimum absolute atomic E-state index is 0.118. The zero-order chi connectivity index (χ0) is 15.8. The first-order valence-corrected chi connectivity index (χ1v) is 6.29. The lowest BCUT2D eigenvalue weighted by atomic mass is 9.98. The molecule has 0 saturated heterocycles. The van der Waals surface area contributed by atoms with Gasteiger partial charge in [0.1, 0.15) is 6.04 Å². The molecule has 21 heavy (non-hydrogen) atoms. The third-order valence-electron chi connectivity index (χ3n) is 3.00. The summed E-state index contributed by atoms with van der Waals surface area (Å²) in [4.78, 5) is 23.8. The molecule has 1 aromatic carbocycles. The molecule has 1 aromatic rings. The largest absolute Gasteiger partial charge is 0.467 e. The Kier molecular flexibility index (Phi) is 5.91. The van der Waals surface area contributed by atoms with Crippen LogP contribution in [0.25, 0.3) is 0 Å². The lowest BCUT2D eigenvalue weighted by Crippen LogP contribution is -2.45. The van der Waals surface area contributed by atoms with Crippen LogP contribution in [0.15, 0.2) is 24.3 Å². The molecule has 6 nitrogen and oxygen atoms in total. The molecule has 0 fully saturated rings. The summed E-state index contributed by atoms with van der Waals surface area (Å²) in [5.74, 6) is -1.43. The van der Waals surface area contributed by atoms with E-state index in [-0.39, 0.29) is 12.3 Å². The number of nitriles is 2. The van der Waals surface area contributed by atoms with Gasteiger partial charge in [-0.2, -0.15) is 10.5 Å². The van der Waals surface area contributed by atoms with Crippen molar-refractivity contribution in [3.8, 4) is 12.1 Å². The van der Waals surface area contributed by atoms with Crippen LogP contribution < -0.4 is 5.32 Å². The molecular formula is C15H15N3O3. The van der Waals surface area contributed by atoms with Gasteiger partial charge in [-0.1, -0.05) is 6.92 Å². The number of methoxy groups -OCH3 is 1. The molecule has 0 aliphatic rings. The molecule has 6 heteroatoms. The third kappa shape index (κ3) is 4.32. The van der Waals surface area contributed by atoms with Gasteiger partial charge < -0.3 is 10.1 Å². The first-order chi connectivity index (χ1) is 10.0. The van der Waals surface area contributed by atoms with Crippen molar-refractivity contribution in [1.82, 2.24) is 5.32 Å². The molecule has 0 heterocycles. The number of rotatable bonds is 5. The molecule has 0 aliphatic heterocycles.